The molecule has 5 N–H and O–H groups in total. The van der Waals surface area contributed by atoms with Crippen LogP contribution in [-0.4, -0.2) is 330 Å². The molecule has 4 rings (SSSR count). The predicted molar refractivity (Wildman–Crippen MR) is 518 cm³/mol. The Hall–Kier alpha value is -8.14. The Kier molecular flexibility index (Phi) is 54.3. The number of likely N-dealkylation sites (N-methyl/N-ethyl adjacent to an activating group) is 4. The van der Waals surface area contributed by atoms with Crippen LogP contribution in [0.2, 0.25) is 0 Å². The van der Waals surface area contributed by atoms with Crippen LogP contribution in [0.15, 0.2) is 54.1 Å². The van der Waals surface area contributed by atoms with Gasteiger partial charge in [-0.05, 0) is 180 Å². The number of ether oxygens (including phenoxy) is 8. The molecule has 1 aromatic rings. The number of unbranched alkanes of at least 4 members (excludes halogenated alkanes) is 2. The number of allylic oxidation sites excluding steroid dienone is 3. The van der Waals surface area contributed by atoms with E-state index in [1.807, 2.05) is 166 Å². The first-order chi connectivity index (χ1) is 62.2. The topological polar surface area (TPSA) is 375 Å². The lowest BCUT2D eigenvalue weighted by atomic mass is 9.83. The number of amides is 8. The summed E-state index contributed by atoms with van der Waals surface area (Å²) in [5.41, 5.74) is 7.00. The molecule has 1 aliphatic carbocycles. The molecule has 133 heavy (non-hydrogen) atoms. The van der Waals surface area contributed by atoms with E-state index in [0.717, 1.165) is 75.3 Å². The summed E-state index contributed by atoms with van der Waals surface area (Å²) in [5.74, 6) is -5.25. The lowest BCUT2D eigenvalue weighted by molar-refractivity contribution is -0.150. The van der Waals surface area contributed by atoms with Crippen molar-refractivity contribution in [2.75, 3.05) is 124 Å². The Labute approximate surface area is 798 Å². The summed E-state index contributed by atoms with van der Waals surface area (Å²) < 4.78 is 44.6. The summed E-state index contributed by atoms with van der Waals surface area (Å²) in [6, 6.07) is 4.56. The lowest BCUT2D eigenvalue weighted by Crippen LogP contribution is -2.56. The Balaban J connectivity index is 0.000000765. The van der Waals surface area contributed by atoms with E-state index in [4.69, 9.17) is 43.6 Å². The van der Waals surface area contributed by atoms with Gasteiger partial charge in [0.1, 0.15) is 29.3 Å². The van der Waals surface area contributed by atoms with Gasteiger partial charge in [0, 0.05) is 108 Å². The van der Waals surface area contributed by atoms with Crippen molar-refractivity contribution in [3.8, 4) is 0 Å². The summed E-state index contributed by atoms with van der Waals surface area (Å²) >= 11 is 0. The number of carboxylic acid groups (broad SMARTS) is 1. The van der Waals surface area contributed by atoms with E-state index in [2.05, 4.69) is 41.5 Å². The number of esters is 2. The number of hydrogen-bond acceptors (Lipinski definition) is 23. The fraction of sp³-hybridized carbons (Fsp3) is 0.782. The lowest BCUT2D eigenvalue weighted by Gasteiger charge is -2.41. The number of nitrogens with one attached hydrogen (secondary N) is 2. The van der Waals surface area contributed by atoms with E-state index in [1.54, 1.807) is 92.8 Å². The highest BCUT2D eigenvalue weighted by Gasteiger charge is 2.47. The molecule has 8 amide bonds. The molecule has 32 nitrogen and oxygen atoms in total. The SMILES string of the molecule is CC(C)[C@@H](C(=O)O)N(C)CCCCN(C)C(=O)OC(C)(C)C.CC[C@H](C)[C@@H]([C@@H](CC(=O)N1CCC[C@H]1[C@H](OC)[C@@H](C)C(=O)N[C@@H](CC1=CCCC=C1)C(=O)OC)OC)N(C)C(=O)[C@@H](N)C(C)C.CC[C@H](C)[C@@H]([C@@H](CC(=O)N1CCC[C@H]1[C@H](OC)[C@@H](C)C(=O)N[C@@H](Cc1ccccc1)C(=O)OC)OC)N(C)C(=O)[C@@H](CC(=O)[C@H](C(C)C)N(C)CCCCN(C)C(=O)OC(C)(C)C)C(C)C. The zero-order valence-corrected chi connectivity index (χ0v) is 87.4. The summed E-state index contributed by atoms with van der Waals surface area (Å²) in [4.78, 5) is 172. The van der Waals surface area contributed by atoms with Gasteiger partial charge in [0.25, 0.3) is 0 Å². The van der Waals surface area contributed by atoms with E-state index in [0.29, 0.717) is 58.5 Å². The van der Waals surface area contributed by atoms with E-state index in [1.165, 1.54) is 21.3 Å². The molecule has 2 saturated heterocycles. The van der Waals surface area contributed by atoms with Crippen LogP contribution in [0, 0.1) is 53.3 Å². The molecular formula is C101H177N11O21. The number of likely N-dealkylation sites (tertiary alicyclic amines) is 2. The Morgan fingerprint density at radius 1 is 0.504 bits per heavy atom. The van der Waals surface area contributed by atoms with Crippen molar-refractivity contribution in [2.45, 2.75) is 338 Å². The molecule has 18 atom stereocenters. The number of carbonyl (C=O) groups excluding carboxylic acids is 11. The number of carboxylic acids is 1. The van der Waals surface area contributed by atoms with Crippen LogP contribution in [0.25, 0.3) is 0 Å². The van der Waals surface area contributed by atoms with Crippen LogP contribution in [0.4, 0.5) is 9.59 Å². The number of ketones is 1. The van der Waals surface area contributed by atoms with Gasteiger partial charge in [0.05, 0.1) is 99.6 Å². The molecule has 0 saturated carbocycles. The Bertz CT molecular complexity index is 3790. The maximum atomic E-state index is 14.7. The number of methoxy groups -OCH3 is 6. The van der Waals surface area contributed by atoms with Gasteiger partial charge in [-0.15, -0.1) is 0 Å². The minimum Gasteiger partial charge on any atom is -0.480 e. The van der Waals surface area contributed by atoms with Crippen molar-refractivity contribution in [3.63, 3.8) is 0 Å². The van der Waals surface area contributed by atoms with Crippen molar-refractivity contribution >= 4 is 71.3 Å². The Morgan fingerprint density at radius 2 is 0.902 bits per heavy atom. The molecular weight excluding hydrogens is 1700 g/mol. The number of nitrogens with zero attached hydrogens (tertiary/aromatic N) is 8. The number of benzene rings is 1. The minimum atomic E-state index is -0.903. The number of hydrogen-bond donors (Lipinski definition) is 4. The van der Waals surface area contributed by atoms with E-state index >= 15 is 0 Å². The van der Waals surface area contributed by atoms with E-state index in [9.17, 15) is 62.6 Å². The second-order valence-corrected chi connectivity index (χ2v) is 40.2. The average Bonchev–Trinajstić information content (AvgIpc) is 1.74. The second-order valence-electron chi connectivity index (χ2n) is 40.2. The van der Waals surface area contributed by atoms with Gasteiger partial charge < -0.3 is 88.8 Å². The highest BCUT2D eigenvalue weighted by molar-refractivity contribution is 5.91. The zero-order valence-electron chi connectivity index (χ0n) is 87.4. The normalized spacial score (nSPS) is 18.3. The van der Waals surface area contributed by atoms with E-state index < -0.39 is 114 Å². The molecule has 0 unspecified atom stereocenters. The van der Waals surface area contributed by atoms with Gasteiger partial charge in [-0.1, -0.05) is 158 Å². The molecule has 0 spiro atoms. The number of carbonyl (C=O) groups is 12. The molecule has 32 heteroatoms. The number of nitrogens with two attached hydrogens (primary N) is 1. The smallest absolute Gasteiger partial charge is 0.410 e. The van der Waals surface area contributed by atoms with Gasteiger partial charge >= 0.3 is 30.1 Å². The van der Waals surface area contributed by atoms with Crippen LogP contribution in [-0.2, 0) is 92.3 Å². The van der Waals surface area contributed by atoms with Gasteiger partial charge in [0.15, 0.2) is 5.78 Å². The predicted octanol–water partition coefficient (Wildman–Crippen LogP) is 12.5. The van der Waals surface area contributed by atoms with Gasteiger partial charge in [-0.25, -0.2) is 19.2 Å². The van der Waals surface area contributed by atoms with Crippen LogP contribution >= 0.6 is 0 Å². The first-order valence-electron chi connectivity index (χ1n) is 48.4. The monoisotopic (exact) mass is 1880 g/mol. The quantitative estimate of drug-likeness (QED) is 0.0267. The number of Topliss-reactive ketones (excluding diaryl/α,β-unsaturated/α-hetero) is 1. The number of rotatable bonds is 52. The highest BCUT2D eigenvalue weighted by Crippen LogP contribution is 2.35. The molecule has 0 aromatic heterocycles. The van der Waals surface area contributed by atoms with E-state index in [-0.39, 0.29) is 127 Å². The summed E-state index contributed by atoms with van der Waals surface area (Å²) in [5, 5.41) is 15.0. The van der Waals surface area contributed by atoms with Crippen molar-refractivity contribution in [1.29, 1.82) is 0 Å². The third-order valence-corrected chi connectivity index (χ3v) is 26.2. The van der Waals surface area contributed by atoms with Crippen molar-refractivity contribution in [1.82, 2.24) is 49.8 Å². The molecule has 0 radical (unpaired) electrons. The molecule has 0 bridgehead atoms. The molecule has 2 aliphatic heterocycles. The highest BCUT2D eigenvalue weighted by atomic mass is 16.6. The van der Waals surface area contributed by atoms with Crippen molar-refractivity contribution in [3.05, 3.63) is 59.7 Å². The van der Waals surface area contributed by atoms with Gasteiger partial charge in [-0.2, -0.15) is 0 Å². The average molecular weight is 1880 g/mol. The van der Waals surface area contributed by atoms with Crippen LogP contribution < -0.4 is 16.4 Å². The Morgan fingerprint density at radius 3 is 1.25 bits per heavy atom. The largest absolute Gasteiger partial charge is 0.480 e. The molecule has 1 aromatic carbocycles. The standard InChI is InChI=1S/C51H87N5O10.C34H58N4O7.C16H32N2O4/c1-17-35(6)45(55(13)48(60)38(33(2)3)31-41(57)44(34(4)5)53(11)27-21-22-28-54(12)50(62)66-51(8,9)10)42(63-14)32-43(58)56-29-23-26-40(56)46(64-15)36(7)47(59)52-39(49(61)65-16)30-37-24-19-18-20-25-37;1-10-22(4)30(37(6)33(41)29(35)21(2)3)27(43-7)20-28(39)38-18-14-17-26(38)31(44-8)23(5)32(40)36-25(34(42)45-9)19-24-15-12-11-13-16-24;1-12(2)13(14(19)20)17(6)10-8-9-11-18(7)15(21)22-16(3,4)5/h18-20,24-25,33-36,38-40,42,44-46H,17,21-23,26-32H2,1-16H3,(H,52,59);12,15-16,21-23,25-27,29-31H,10-11,13-14,17-20,35H2,1-9H3,(H,36,40);12-13H,8-11H2,1-7H3,(H,19,20)/t35-,36+,38-,39-,40-,42+,44-,45-,46+;22-,23+,25-,26-,27+,29-,30-,31+;13-/m000/s1. The third kappa shape index (κ3) is 39.5. The molecule has 762 valence electrons. The fourth-order valence-electron chi connectivity index (χ4n) is 18.2. The first kappa shape index (κ1) is 121. The molecule has 2 fully saturated rings. The zero-order chi connectivity index (χ0) is 101. The summed E-state index contributed by atoms with van der Waals surface area (Å²) in [7, 11) is 19.5. The summed E-state index contributed by atoms with van der Waals surface area (Å²) in [6.45, 7) is 41.8. The van der Waals surface area contributed by atoms with Crippen molar-refractivity contribution in [2.24, 2.45) is 59.0 Å². The van der Waals surface area contributed by atoms with Gasteiger partial charge in [0.2, 0.25) is 35.4 Å². The second kappa shape index (κ2) is 59.8. The maximum Gasteiger partial charge on any atom is 0.410 e. The van der Waals surface area contributed by atoms with Crippen LogP contribution in [0.1, 0.15) is 247 Å². The minimum absolute atomic E-state index is 0.00279. The summed E-state index contributed by atoms with van der Waals surface area (Å²) in [6.07, 6.45) is 13.0. The van der Waals surface area contributed by atoms with Crippen molar-refractivity contribution < 1.29 is 101 Å². The van der Waals surface area contributed by atoms with Crippen LogP contribution in [0.3, 0.4) is 0 Å². The first-order valence-corrected chi connectivity index (χ1v) is 48.4. The maximum absolute atomic E-state index is 14.7. The molecule has 3 aliphatic rings. The van der Waals surface area contributed by atoms with Crippen LogP contribution in [0.5, 0.6) is 0 Å². The number of aliphatic carboxylic acids is 1. The molecule has 2 heterocycles. The van der Waals surface area contributed by atoms with Gasteiger partial charge in [-0.3, -0.25) is 48.2 Å². The third-order valence-electron chi connectivity index (χ3n) is 26.2. The fourth-order valence-corrected chi connectivity index (χ4v) is 18.2.